The van der Waals surface area contributed by atoms with Crippen LogP contribution < -0.4 is 10.1 Å². The van der Waals surface area contributed by atoms with Crippen LogP contribution in [0.4, 0.5) is 5.69 Å². The van der Waals surface area contributed by atoms with E-state index in [9.17, 15) is 9.59 Å². The summed E-state index contributed by atoms with van der Waals surface area (Å²) in [5.74, 6) is -1.08. The fraction of sp³-hybridized carbons (Fsp3) is 0.345. The number of carbonyl (C=O) groups is 2. The van der Waals surface area contributed by atoms with Crippen molar-refractivity contribution in [3.05, 3.63) is 77.1 Å². The second-order valence-corrected chi connectivity index (χ2v) is 9.95. The first-order valence-corrected chi connectivity index (χ1v) is 12.1. The normalized spacial score (nSPS) is 20.6. The second kappa shape index (κ2) is 8.84. The molecule has 35 heavy (non-hydrogen) atoms. The van der Waals surface area contributed by atoms with Gasteiger partial charge < -0.3 is 14.8 Å². The summed E-state index contributed by atoms with van der Waals surface area (Å²) in [6, 6.07) is 15.9. The Morgan fingerprint density at radius 2 is 1.91 bits per heavy atom. The number of ketones is 1. The van der Waals surface area contributed by atoms with E-state index in [4.69, 9.17) is 9.47 Å². The zero-order valence-corrected chi connectivity index (χ0v) is 20.6. The van der Waals surface area contributed by atoms with Gasteiger partial charge in [0.05, 0.1) is 19.2 Å². The Labute approximate surface area is 205 Å². The van der Waals surface area contributed by atoms with Gasteiger partial charge in [-0.1, -0.05) is 39.0 Å². The smallest absolute Gasteiger partial charge is 0.317 e. The summed E-state index contributed by atoms with van der Waals surface area (Å²) < 4.78 is 10.9. The van der Waals surface area contributed by atoms with Gasteiger partial charge >= 0.3 is 5.97 Å². The zero-order chi connectivity index (χ0) is 24.7. The van der Waals surface area contributed by atoms with Gasteiger partial charge in [-0.25, -0.2) is 0 Å². The molecule has 0 saturated heterocycles. The predicted octanol–water partition coefficient (Wildman–Crippen LogP) is 5.62. The summed E-state index contributed by atoms with van der Waals surface area (Å²) >= 11 is 0. The average Bonchev–Trinajstić information content (AvgIpc) is 2.85. The number of nitrogens with zero attached hydrogens (tertiary/aromatic N) is 1. The third-order valence-corrected chi connectivity index (χ3v) is 7.08. The van der Waals surface area contributed by atoms with Crippen molar-refractivity contribution in [2.24, 2.45) is 11.3 Å². The number of methoxy groups -OCH3 is 1. The molecule has 2 atom stereocenters. The van der Waals surface area contributed by atoms with E-state index in [0.717, 1.165) is 45.6 Å². The molecule has 1 aliphatic heterocycles. The number of benzene rings is 2. The number of anilines is 1. The number of hydrogen-bond acceptors (Lipinski definition) is 6. The molecule has 1 N–H and O–H groups in total. The fourth-order valence-electron chi connectivity index (χ4n) is 5.50. The first-order valence-electron chi connectivity index (χ1n) is 12.1. The van der Waals surface area contributed by atoms with E-state index in [0.29, 0.717) is 18.6 Å². The van der Waals surface area contributed by atoms with Crippen molar-refractivity contribution in [2.45, 2.75) is 39.5 Å². The standard InChI is InChI=1S/C29H30N2O4/c1-5-15-35-18-10-8-17(9-11-18)23-24-19-7-6-14-30-20(19)12-13-21(24)31-22-16-29(2,3)26(28(33)34-4)27(32)25(22)23/h6-14,23,26,31H,5,15-16H2,1-4H3. The Morgan fingerprint density at radius 3 is 2.63 bits per heavy atom. The topological polar surface area (TPSA) is 77.5 Å². The lowest BCUT2D eigenvalue weighted by atomic mass is 9.63. The van der Waals surface area contributed by atoms with Crippen molar-refractivity contribution in [3.63, 3.8) is 0 Å². The summed E-state index contributed by atoms with van der Waals surface area (Å²) in [5.41, 5.74) is 4.70. The fourth-order valence-corrected chi connectivity index (χ4v) is 5.50. The van der Waals surface area contributed by atoms with Crippen LogP contribution in [0.15, 0.2) is 66.0 Å². The van der Waals surface area contributed by atoms with Crippen LogP contribution in [0.3, 0.4) is 0 Å². The molecule has 6 nitrogen and oxygen atoms in total. The molecule has 0 bridgehead atoms. The van der Waals surface area contributed by atoms with Crippen LogP contribution in [0.25, 0.3) is 10.9 Å². The van der Waals surface area contributed by atoms with Gasteiger partial charge in [-0.3, -0.25) is 14.6 Å². The van der Waals surface area contributed by atoms with Gasteiger partial charge in [0.2, 0.25) is 0 Å². The van der Waals surface area contributed by atoms with Crippen LogP contribution in [-0.2, 0) is 14.3 Å². The monoisotopic (exact) mass is 470 g/mol. The third-order valence-electron chi connectivity index (χ3n) is 7.08. The van der Waals surface area contributed by atoms with Crippen molar-refractivity contribution in [1.82, 2.24) is 4.98 Å². The zero-order valence-electron chi connectivity index (χ0n) is 20.6. The number of esters is 1. The van der Waals surface area contributed by atoms with Crippen LogP contribution in [-0.4, -0.2) is 30.5 Å². The van der Waals surface area contributed by atoms with Crippen LogP contribution in [0.5, 0.6) is 5.75 Å². The Bertz CT molecular complexity index is 1340. The molecule has 0 spiro atoms. The highest BCUT2D eigenvalue weighted by Gasteiger charge is 2.51. The van der Waals surface area contributed by atoms with Crippen molar-refractivity contribution in [2.75, 3.05) is 19.0 Å². The van der Waals surface area contributed by atoms with Gasteiger partial charge in [-0.15, -0.1) is 0 Å². The Balaban J connectivity index is 1.72. The van der Waals surface area contributed by atoms with Crippen LogP contribution in [0, 0.1) is 11.3 Å². The summed E-state index contributed by atoms with van der Waals surface area (Å²) in [7, 11) is 1.34. The van der Waals surface area contributed by atoms with Crippen molar-refractivity contribution >= 4 is 28.3 Å². The highest BCUT2D eigenvalue weighted by molar-refractivity contribution is 6.13. The maximum atomic E-state index is 14.1. The molecule has 180 valence electrons. The number of Topliss-reactive ketones (excluding diaryl/α,β-unsaturated/α-hetero) is 1. The minimum Gasteiger partial charge on any atom is -0.494 e. The lowest BCUT2D eigenvalue weighted by Gasteiger charge is -2.43. The number of nitrogens with one attached hydrogen (secondary N) is 1. The third kappa shape index (κ3) is 3.87. The number of hydrogen-bond donors (Lipinski definition) is 1. The largest absolute Gasteiger partial charge is 0.494 e. The first kappa shape index (κ1) is 23.1. The number of aromatic nitrogens is 1. The van der Waals surface area contributed by atoms with E-state index in [1.165, 1.54) is 7.11 Å². The molecular weight excluding hydrogens is 440 g/mol. The van der Waals surface area contributed by atoms with E-state index in [-0.39, 0.29) is 11.7 Å². The van der Waals surface area contributed by atoms with E-state index in [2.05, 4.69) is 17.2 Å². The lowest BCUT2D eigenvalue weighted by molar-refractivity contribution is -0.154. The maximum absolute atomic E-state index is 14.1. The minimum atomic E-state index is -0.864. The number of allylic oxidation sites excluding steroid dienone is 2. The first-order chi connectivity index (χ1) is 16.9. The molecule has 0 saturated carbocycles. The number of fused-ring (bicyclic) bond motifs is 3. The van der Waals surface area contributed by atoms with E-state index in [1.54, 1.807) is 6.20 Å². The molecule has 3 aromatic rings. The quantitative estimate of drug-likeness (QED) is 0.385. The molecule has 1 aliphatic carbocycles. The van der Waals surface area contributed by atoms with Gasteiger partial charge in [0.15, 0.2) is 5.78 Å². The molecular formula is C29H30N2O4. The molecule has 2 heterocycles. The Kier molecular flexibility index (Phi) is 5.83. The average molecular weight is 471 g/mol. The lowest BCUT2D eigenvalue weighted by Crippen LogP contribution is -2.45. The predicted molar refractivity (Wildman–Crippen MR) is 135 cm³/mol. The number of pyridine rings is 1. The SMILES string of the molecule is CCCOc1ccc(C2C3=C(CC(C)(C)C(C(=O)OC)C3=O)Nc3ccc4ncccc4c32)cc1. The second-order valence-electron chi connectivity index (χ2n) is 9.95. The van der Waals surface area contributed by atoms with E-state index in [1.807, 2.05) is 62.4 Å². The molecule has 6 heteroatoms. The van der Waals surface area contributed by atoms with E-state index >= 15 is 0 Å². The molecule has 0 radical (unpaired) electrons. The molecule has 0 fully saturated rings. The summed E-state index contributed by atoms with van der Waals surface area (Å²) in [4.78, 5) is 31.4. The highest BCUT2D eigenvalue weighted by atomic mass is 16.5. The maximum Gasteiger partial charge on any atom is 0.317 e. The van der Waals surface area contributed by atoms with Crippen molar-refractivity contribution in [1.29, 1.82) is 0 Å². The molecule has 2 aromatic carbocycles. The number of rotatable bonds is 5. The summed E-state index contributed by atoms with van der Waals surface area (Å²) in [5, 5.41) is 4.53. The molecule has 2 unspecified atom stereocenters. The van der Waals surface area contributed by atoms with Gasteiger partial charge in [0, 0.05) is 34.5 Å². The van der Waals surface area contributed by atoms with E-state index < -0.39 is 17.3 Å². The Morgan fingerprint density at radius 1 is 1.14 bits per heavy atom. The molecule has 1 aromatic heterocycles. The molecule has 2 aliphatic rings. The molecule has 5 rings (SSSR count). The van der Waals surface area contributed by atoms with Gasteiger partial charge in [0.25, 0.3) is 0 Å². The van der Waals surface area contributed by atoms with Crippen LogP contribution >= 0.6 is 0 Å². The number of ether oxygens (including phenoxy) is 2. The van der Waals surface area contributed by atoms with Gasteiger partial charge in [0.1, 0.15) is 11.7 Å². The summed E-state index contributed by atoms with van der Waals surface area (Å²) in [6.45, 7) is 6.62. The van der Waals surface area contributed by atoms with Gasteiger partial charge in [-0.2, -0.15) is 0 Å². The summed E-state index contributed by atoms with van der Waals surface area (Å²) in [6.07, 6.45) is 3.26. The van der Waals surface area contributed by atoms with Crippen molar-refractivity contribution in [3.8, 4) is 5.75 Å². The highest BCUT2D eigenvalue weighted by Crippen LogP contribution is 2.52. The Hall–Kier alpha value is -3.67. The van der Waals surface area contributed by atoms with Gasteiger partial charge in [-0.05, 0) is 59.7 Å². The van der Waals surface area contributed by atoms with Crippen LogP contribution in [0.2, 0.25) is 0 Å². The van der Waals surface area contributed by atoms with Crippen LogP contribution in [0.1, 0.15) is 50.7 Å². The molecule has 0 amide bonds. The number of carbonyl (C=O) groups excluding carboxylic acids is 2. The minimum absolute atomic E-state index is 0.182. The van der Waals surface area contributed by atoms with Crippen molar-refractivity contribution < 1.29 is 19.1 Å².